The number of carbonyl (C=O) groups is 2. The molecule has 7 heteroatoms. The number of rotatable bonds is 4. The summed E-state index contributed by atoms with van der Waals surface area (Å²) in [6.45, 7) is 3.76. The van der Waals surface area contributed by atoms with E-state index >= 15 is 0 Å². The second-order valence-corrected chi connectivity index (χ2v) is 5.60. The second-order valence-electron chi connectivity index (χ2n) is 5.60. The van der Waals surface area contributed by atoms with E-state index < -0.39 is 30.0 Å². The first-order valence-corrected chi connectivity index (χ1v) is 7.50. The fourth-order valence-corrected chi connectivity index (χ4v) is 2.17. The first kappa shape index (κ1) is 18.5. The molecule has 0 saturated heterocycles. The minimum absolute atomic E-state index is 0.192. The van der Waals surface area contributed by atoms with Crippen molar-refractivity contribution in [2.75, 3.05) is 10.6 Å². The van der Waals surface area contributed by atoms with Crippen LogP contribution < -0.4 is 10.6 Å². The minimum Gasteiger partial charge on any atom is -0.326 e. The number of halogens is 3. The largest absolute Gasteiger partial charge is 0.416 e. The van der Waals surface area contributed by atoms with Crippen molar-refractivity contribution in [1.82, 2.24) is 0 Å². The average Bonchev–Trinajstić information content (AvgIpc) is 2.51. The number of hydrogen-bond acceptors (Lipinski definition) is 2. The van der Waals surface area contributed by atoms with E-state index in [1.807, 2.05) is 19.9 Å². The quantitative estimate of drug-likeness (QED) is 0.808. The SMILES string of the molecule is Cc1cccc(NC(=O)CC(=O)Nc2ccc(C(F)(F)F)cc2)c1C. The Balaban J connectivity index is 1.93. The molecule has 132 valence electrons. The van der Waals surface area contributed by atoms with E-state index in [0.29, 0.717) is 5.69 Å². The van der Waals surface area contributed by atoms with Gasteiger partial charge in [0.05, 0.1) is 5.56 Å². The number of alkyl halides is 3. The Hall–Kier alpha value is -2.83. The van der Waals surface area contributed by atoms with Crippen LogP contribution >= 0.6 is 0 Å². The van der Waals surface area contributed by atoms with Gasteiger partial charge in [-0.1, -0.05) is 12.1 Å². The highest BCUT2D eigenvalue weighted by atomic mass is 19.4. The molecule has 0 bridgehead atoms. The van der Waals surface area contributed by atoms with Gasteiger partial charge < -0.3 is 10.6 Å². The first-order chi connectivity index (χ1) is 11.7. The number of anilines is 2. The summed E-state index contributed by atoms with van der Waals surface area (Å²) in [6.07, 6.45) is -4.87. The lowest BCUT2D eigenvalue weighted by Gasteiger charge is -2.11. The average molecular weight is 350 g/mol. The highest BCUT2D eigenvalue weighted by Crippen LogP contribution is 2.29. The van der Waals surface area contributed by atoms with Gasteiger partial charge in [-0.3, -0.25) is 9.59 Å². The van der Waals surface area contributed by atoms with E-state index in [9.17, 15) is 22.8 Å². The molecular formula is C18H17F3N2O2. The third kappa shape index (κ3) is 5.07. The predicted molar refractivity (Wildman–Crippen MR) is 89.2 cm³/mol. The number of amides is 2. The molecule has 0 unspecified atom stereocenters. The van der Waals surface area contributed by atoms with Crippen molar-refractivity contribution in [2.24, 2.45) is 0 Å². The van der Waals surface area contributed by atoms with Crippen LogP contribution in [0, 0.1) is 13.8 Å². The van der Waals surface area contributed by atoms with Crippen molar-refractivity contribution in [2.45, 2.75) is 26.4 Å². The van der Waals surface area contributed by atoms with Crippen LogP contribution in [0.4, 0.5) is 24.5 Å². The van der Waals surface area contributed by atoms with E-state index in [-0.39, 0.29) is 5.69 Å². The van der Waals surface area contributed by atoms with Crippen molar-refractivity contribution in [3.05, 3.63) is 59.2 Å². The van der Waals surface area contributed by atoms with Crippen LogP contribution in [-0.4, -0.2) is 11.8 Å². The summed E-state index contributed by atoms with van der Waals surface area (Å²) in [5.74, 6) is -1.11. The molecule has 0 aliphatic heterocycles. The van der Waals surface area contributed by atoms with Gasteiger partial charge in [-0.25, -0.2) is 0 Å². The lowest BCUT2D eigenvalue weighted by Crippen LogP contribution is -2.22. The summed E-state index contributed by atoms with van der Waals surface area (Å²) >= 11 is 0. The molecule has 0 aromatic heterocycles. The molecule has 0 aliphatic rings. The van der Waals surface area contributed by atoms with Gasteiger partial charge in [-0.05, 0) is 55.3 Å². The van der Waals surface area contributed by atoms with Gasteiger partial charge in [-0.2, -0.15) is 13.2 Å². The van der Waals surface area contributed by atoms with E-state index in [1.165, 1.54) is 0 Å². The van der Waals surface area contributed by atoms with Crippen molar-refractivity contribution in [3.8, 4) is 0 Å². The van der Waals surface area contributed by atoms with Gasteiger partial charge in [0.2, 0.25) is 11.8 Å². The van der Waals surface area contributed by atoms with Crippen molar-refractivity contribution < 1.29 is 22.8 Å². The molecule has 0 saturated carbocycles. The molecule has 2 aromatic rings. The molecule has 0 atom stereocenters. The lowest BCUT2D eigenvalue weighted by molar-refractivity contribution is -0.137. The normalized spacial score (nSPS) is 11.1. The van der Waals surface area contributed by atoms with Crippen LogP contribution in [0.2, 0.25) is 0 Å². The third-order valence-electron chi connectivity index (χ3n) is 3.70. The van der Waals surface area contributed by atoms with Gasteiger partial charge in [0, 0.05) is 11.4 Å². The zero-order chi connectivity index (χ0) is 18.6. The van der Waals surface area contributed by atoms with Crippen LogP contribution in [0.5, 0.6) is 0 Å². The Morgan fingerprint density at radius 3 is 2.12 bits per heavy atom. The Morgan fingerprint density at radius 2 is 1.52 bits per heavy atom. The predicted octanol–water partition coefficient (Wildman–Crippen LogP) is 4.29. The van der Waals surface area contributed by atoms with Crippen molar-refractivity contribution in [3.63, 3.8) is 0 Å². The monoisotopic (exact) mass is 350 g/mol. The molecule has 25 heavy (non-hydrogen) atoms. The highest BCUT2D eigenvalue weighted by Gasteiger charge is 2.30. The minimum atomic E-state index is -4.44. The van der Waals surface area contributed by atoms with Crippen molar-refractivity contribution >= 4 is 23.2 Å². The van der Waals surface area contributed by atoms with Crippen molar-refractivity contribution in [1.29, 1.82) is 0 Å². The Labute approximate surface area is 143 Å². The van der Waals surface area contributed by atoms with E-state index in [1.54, 1.807) is 12.1 Å². The van der Waals surface area contributed by atoms with Crippen LogP contribution in [-0.2, 0) is 15.8 Å². The summed E-state index contributed by atoms with van der Waals surface area (Å²) in [4.78, 5) is 23.8. The fourth-order valence-electron chi connectivity index (χ4n) is 2.17. The standard InChI is InChI=1S/C18H17F3N2O2/c1-11-4-3-5-15(12(11)2)23-17(25)10-16(24)22-14-8-6-13(7-9-14)18(19,20)21/h3-9H,10H2,1-2H3,(H,22,24)(H,23,25). The highest BCUT2D eigenvalue weighted by molar-refractivity contribution is 6.08. The maximum Gasteiger partial charge on any atom is 0.416 e. The van der Waals surface area contributed by atoms with Gasteiger partial charge >= 0.3 is 6.18 Å². The molecular weight excluding hydrogens is 333 g/mol. The van der Waals surface area contributed by atoms with Crippen LogP contribution in [0.3, 0.4) is 0 Å². The Bertz CT molecular complexity index is 784. The number of hydrogen-bond donors (Lipinski definition) is 2. The van der Waals surface area contributed by atoms with Gasteiger partial charge in [-0.15, -0.1) is 0 Å². The molecule has 2 N–H and O–H groups in total. The number of carbonyl (C=O) groups excluding carboxylic acids is 2. The van der Waals surface area contributed by atoms with Crippen LogP contribution in [0.25, 0.3) is 0 Å². The molecule has 2 rings (SSSR count). The second kappa shape index (κ2) is 7.38. The van der Waals surface area contributed by atoms with E-state index in [2.05, 4.69) is 10.6 Å². The Kier molecular flexibility index (Phi) is 5.46. The Morgan fingerprint density at radius 1 is 0.920 bits per heavy atom. The molecule has 0 aliphatic carbocycles. The van der Waals surface area contributed by atoms with Crippen LogP contribution in [0.15, 0.2) is 42.5 Å². The van der Waals surface area contributed by atoms with Gasteiger partial charge in [0.15, 0.2) is 0 Å². The smallest absolute Gasteiger partial charge is 0.326 e. The third-order valence-corrected chi connectivity index (χ3v) is 3.70. The number of nitrogens with one attached hydrogen (secondary N) is 2. The lowest BCUT2D eigenvalue weighted by atomic mass is 10.1. The topological polar surface area (TPSA) is 58.2 Å². The molecule has 0 fully saturated rings. The molecule has 4 nitrogen and oxygen atoms in total. The zero-order valence-corrected chi connectivity index (χ0v) is 13.7. The number of benzene rings is 2. The van der Waals surface area contributed by atoms with Gasteiger partial charge in [0.25, 0.3) is 0 Å². The van der Waals surface area contributed by atoms with E-state index in [4.69, 9.17) is 0 Å². The number of aryl methyl sites for hydroxylation is 1. The van der Waals surface area contributed by atoms with E-state index in [0.717, 1.165) is 35.4 Å². The van der Waals surface area contributed by atoms with Crippen LogP contribution in [0.1, 0.15) is 23.1 Å². The summed E-state index contributed by atoms with van der Waals surface area (Å²) < 4.78 is 37.4. The fraction of sp³-hybridized carbons (Fsp3) is 0.222. The maximum atomic E-state index is 12.5. The summed E-state index contributed by atoms with van der Waals surface area (Å²) in [6, 6.07) is 9.45. The summed E-state index contributed by atoms with van der Waals surface area (Å²) in [5.41, 5.74) is 1.91. The summed E-state index contributed by atoms with van der Waals surface area (Å²) in [5, 5.41) is 5.04. The maximum absolute atomic E-state index is 12.5. The van der Waals surface area contributed by atoms with Gasteiger partial charge in [0.1, 0.15) is 6.42 Å². The molecule has 2 amide bonds. The summed E-state index contributed by atoms with van der Waals surface area (Å²) in [7, 11) is 0. The molecule has 2 aromatic carbocycles. The molecule has 0 spiro atoms. The molecule has 0 radical (unpaired) electrons. The molecule has 0 heterocycles. The zero-order valence-electron chi connectivity index (χ0n) is 13.7. The first-order valence-electron chi connectivity index (χ1n) is 7.50.